The molecule has 3 amide bonds. The van der Waals surface area contributed by atoms with Crippen molar-refractivity contribution in [2.45, 2.75) is 32.9 Å². The highest BCUT2D eigenvalue weighted by Gasteiger charge is 2.44. The fourth-order valence-electron chi connectivity index (χ4n) is 5.09. The molecule has 0 saturated carbocycles. The average molecular weight is 564 g/mol. The molecule has 6 rings (SSSR count). The molecule has 1 fully saturated rings. The molecule has 0 spiro atoms. The van der Waals surface area contributed by atoms with Gasteiger partial charge in [-0.2, -0.15) is 0 Å². The van der Waals surface area contributed by atoms with Crippen LogP contribution in [0.3, 0.4) is 0 Å². The van der Waals surface area contributed by atoms with Crippen LogP contribution in [-0.2, 0) is 16.1 Å². The zero-order valence-electron chi connectivity index (χ0n) is 22.5. The Balaban J connectivity index is 1.29. The molecule has 8 heteroatoms. The summed E-state index contributed by atoms with van der Waals surface area (Å²) in [6, 6.07) is 25.2. The number of anilines is 1. The Morgan fingerprint density at radius 3 is 2.41 bits per heavy atom. The smallest absolute Gasteiger partial charge is 0.257 e. The van der Waals surface area contributed by atoms with Crippen LogP contribution in [0.5, 0.6) is 0 Å². The topological polar surface area (TPSA) is 70.6 Å². The zero-order valence-corrected chi connectivity index (χ0v) is 23.3. The molecule has 0 bridgehead atoms. The Labute approximate surface area is 240 Å². The molecule has 6 nitrogen and oxygen atoms in total. The van der Waals surface area contributed by atoms with Crippen molar-refractivity contribution in [2.75, 3.05) is 4.90 Å². The number of halogens is 1. The van der Waals surface area contributed by atoms with Crippen LogP contribution in [0, 0.1) is 19.7 Å². The number of amides is 3. The zero-order chi connectivity index (χ0) is 28.7. The van der Waals surface area contributed by atoms with Crippen molar-refractivity contribution in [1.29, 1.82) is 0 Å². The maximum atomic E-state index is 13.8. The first-order valence-electron chi connectivity index (χ1n) is 13.2. The molecule has 1 aromatic heterocycles. The third kappa shape index (κ3) is 5.26. The van der Waals surface area contributed by atoms with E-state index >= 15 is 0 Å². The summed E-state index contributed by atoms with van der Waals surface area (Å²) >= 11 is 1.59. The molecule has 0 aliphatic carbocycles. The third-order valence-electron chi connectivity index (χ3n) is 7.21. The summed E-state index contributed by atoms with van der Waals surface area (Å²) in [6.07, 6.45) is -0.142. The van der Waals surface area contributed by atoms with E-state index in [4.69, 9.17) is 4.98 Å². The monoisotopic (exact) mass is 563 g/mol. The van der Waals surface area contributed by atoms with E-state index in [0.717, 1.165) is 36.8 Å². The fraction of sp³-hybridized carbons (Fsp3) is 0.152. The SMILES string of the molecule is Cc1cccc(C(=O)N(Cc2ccc(F)cc2)C2CC(=O)N(c3ccc(-c4nc5ccc(C)cc5s4)cc3)C2=O)c1. The number of aryl methyl sites for hydroxylation is 2. The number of fused-ring (bicyclic) bond motifs is 1. The number of hydrogen-bond donors (Lipinski definition) is 0. The highest BCUT2D eigenvalue weighted by atomic mass is 32.1. The minimum atomic E-state index is -0.993. The summed E-state index contributed by atoms with van der Waals surface area (Å²) in [7, 11) is 0. The number of benzene rings is 4. The van der Waals surface area contributed by atoms with Crippen molar-refractivity contribution in [1.82, 2.24) is 9.88 Å². The molecule has 0 N–H and O–H groups in total. The molecular formula is C33H26FN3O3S. The van der Waals surface area contributed by atoms with Gasteiger partial charge >= 0.3 is 0 Å². The number of nitrogens with zero attached hydrogens (tertiary/aromatic N) is 3. The Bertz CT molecular complexity index is 1800. The van der Waals surface area contributed by atoms with Gasteiger partial charge < -0.3 is 4.90 Å². The number of carbonyl (C=O) groups excluding carboxylic acids is 3. The van der Waals surface area contributed by atoms with Crippen LogP contribution in [0.4, 0.5) is 10.1 Å². The van der Waals surface area contributed by atoms with E-state index in [-0.39, 0.29) is 24.8 Å². The number of hydrogen-bond acceptors (Lipinski definition) is 5. The van der Waals surface area contributed by atoms with Crippen LogP contribution in [0.1, 0.15) is 33.5 Å². The largest absolute Gasteiger partial charge is 0.322 e. The molecule has 1 saturated heterocycles. The summed E-state index contributed by atoms with van der Waals surface area (Å²) in [5.41, 5.74) is 5.38. The first kappa shape index (κ1) is 26.5. The lowest BCUT2D eigenvalue weighted by atomic mass is 10.1. The Morgan fingerprint density at radius 1 is 0.951 bits per heavy atom. The Kier molecular flexibility index (Phi) is 6.93. The summed E-state index contributed by atoms with van der Waals surface area (Å²) in [6.45, 7) is 3.98. The highest BCUT2D eigenvalue weighted by molar-refractivity contribution is 7.21. The second-order valence-electron chi connectivity index (χ2n) is 10.3. The van der Waals surface area contributed by atoms with Crippen molar-refractivity contribution < 1.29 is 18.8 Å². The lowest BCUT2D eigenvalue weighted by molar-refractivity contribution is -0.122. The molecule has 2 heterocycles. The van der Waals surface area contributed by atoms with Gasteiger partial charge in [-0.1, -0.05) is 35.9 Å². The molecular weight excluding hydrogens is 537 g/mol. The van der Waals surface area contributed by atoms with Crippen molar-refractivity contribution >= 4 is 45.0 Å². The minimum Gasteiger partial charge on any atom is -0.322 e. The number of thiazole rings is 1. The highest BCUT2D eigenvalue weighted by Crippen LogP contribution is 2.33. The lowest BCUT2D eigenvalue weighted by Crippen LogP contribution is -2.45. The van der Waals surface area contributed by atoms with E-state index in [1.807, 2.05) is 44.2 Å². The van der Waals surface area contributed by atoms with Crippen LogP contribution >= 0.6 is 11.3 Å². The maximum absolute atomic E-state index is 13.8. The van der Waals surface area contributed by atoms with Crippen molar-refractivity contribution in [3.8, 4) is 10.6 Å². The minimum absolute atomic E-state index is 0.0562. The van der Waals surface area contributed by atoms with Crippen molar-refractivity contribution in [3.63, 3.8) is 0 Å². The summed E-state index contributed by atoms with van der Waals surface area (Å²) < 4.78 is 14.7. The normalized spacial score (nSPS) is 15.1. The van der Waals surface area contributed by atoms with Gasteiger partial charge in [-0.25, -0.2) is 14.3 Å². The number of imide groups is 1. The molecule has 1 aliphatic heterocycles. The van der Waals surface area contributed by atoms with E-state index < -0.39 is 17.8 Å². The average Bonchev–Trinajstić information content (AvgIpc) is 3.52. The van der Waals surface area contributed by atoms with Gasteiger partial charge in [0.1, 0.15) is 16.9 Å². The molecule has 0 radical (unpaired) electrons. The van der Waals surface area contributed by atoms with Crippen molar-refractivity contribution in [3.05, 3.63) is 119 Å². The third-order valence-corrected chi connectivity index (χ3v) is 8.27. The second kappa shape index (κ2) is 10.7. The van der Waals surface area contributed by atoms with Gasteiger partial charge in [0.15, 0.2) is 0 Å². The van der Waals surface area contributed by atoms with E-state index in [2.05, 4.69) is 6.07 Å². The van der Waals surface area contributed by atoms with Gasteiger partial charge in [0.2, 0.25) is 5.91 Å². The van der Waals surface area contributed by atoms with Gasteiger partial charge in [0, 0.05) is 17.7 Å². The van der Waals surface area contributed by atoms with Gasteiger partial charge in [0.05, 0.1) is 22.3 Å². The molecule has 204 valence electrons. The first-order chi connectivity index (χ1) is 19.8. The predicted molar refractivity (Wildman–Crippen MR) is 158 cm³/mol. The number of aromatic nitrogens is 1. The summed E-state index contributed by atoms with van der Waals surface area (Å²) in [4.78, 5) is 48.0. The van der Waals surface area contributed by atoms with Crippen LogP contribution in [0.2, 0.25) is 0 Å². The first-order valence-corrected chi connectivity index (χ1v) is 14.0. The molecule has 1 unspecified atom stereocenters. The molecule has 4 aromatic carbocycles. The lowest BCUT2D eigenvalue weighted by Gasteiger charge is -2.28. The van der Waals surface area contributed by atoms with E-state index in [9.17, 15) is 18.8 Å². The Morgan fingerprint density at radius 2 is 1.68 bits per heavy atom. The van der Waals surface area contributed by atoms with Gasteiger partial charge in [-0.15, -0.1) is 11.3 Å². The summed E-state index contributed by atoms with van der Waals surface area (Å²) in [5.74, 6) is -1.62. The molecule has 1 aliphatic rings. The van der Waals surface area contributed by atoms with Crippen LogP contribution in [-0.4, -0.2) is 33.6 Å². The maximum Gasteiger partial charge on any atom is 0.257 e. The molecule has 5 aromatic rings. The van der Waals surface area contributed by atoms with E-state index in [0.29, 0.717) is 16.8 Å². The molecule has 1 atom stereocenters. The predicted octanol–water partition coefficient (Wildman–Crippen LogP) is 6.69. The number of carbonyl (C=O) groups is 3. The van der Waals surface area contributed by atoms with Crippen LogP contribution in [0.15, 0.2) is 91.0 Å². The number of rotatable bonds is 6. The molecule has 41 heavy (non-hydrogen) atoms. The quantitative estimate of drug-likeness (QED) is 0.216. The second-order valence-corrected chi connectivity index (χ2v) is 11.3. The van der Waals surface area contributed by atoms with Gasteiger partial charge in [0.25, 0.3) is 11.8 Å². The summed E-state index contributed by atoms with van der Waals surface area (Å²) in [5, 5.41) is 0.850. The fourth-order valence-corrected chi connectivity index (χ4v) is 6.16. The van der Waals surface area contributed by atoms with Crippen LogP contribution < -0.4 is 4.90 Å². The van der Waals surface area contributed by atoms with Gasteiger partial charge in [-0.3, -0.25) is 14.4 Å². The van der Waals surface area contributed by atoms with Gasteiger partial charge in [-0.05, 0) is 85.6 Å². The van der Waals surface area contributed by atoms with Crippen LogP contribution in [0.25, 0.3) is 20.8 Å². The van der Waals surface area contributed by atoms with E-state index in [1.165, 1.54) is 17.0 Å². The Hall–Kier alpha value is -4.69. The standard InChI is InChI=1S/C33H26FN3O3S/c1-20-4-3-5-24(16-20)32(39)36(19-22-7-11-25(34)12-8-22)28-18-30(38)37(33(28)40)26-13-9-23(10-14-26)31-35-27-15-6-21(2)17-29(27)41-31/h3-17,28H,18-19H2,1-2H3. The van der Waals surface area contributed by atoms with Crippen molar-refractivity contribution in [2.24, 2.45) is 0 Å². The van der Waals surface area contributed by atoms with E-state index in [1.54, 1.807) is 53.8 Å².